The van der Waals surface area contributed by atoms with E-state index in [0.29, 0.717) is 73.1 Å². The average molecular weight is 783 g/mol. The number of unbranched alkanes of at least 4 members (excludes halogenated alkanes) is 4. The first-order valence-electron chi connectivity index (χ1n) is 20.0. The standard InChI is InChI=1S/C42H48F2N8O5/c43-30-13-14-33(44)31(25-30)35-7-6-21-51(35)36-19-24-52-39(48-36)32(26-46-52)41(56)45-20-5-3-1-2-4-8-38(54)50-22-17-28(18-23-50)27-9-11-29(12-10-27)40(55)47-34-15-16-37(53)49-42(34)57/h9-14,19,24-26,28,34-35H,1-8,15-18,20-23H2,(H,45,56)(H,47,55)(H,49,53,57)/t34?,35-/m1/s1. The normalized spacial score (nSPS) is 18.8. The lowest BCUT2D eigenvalue weighted by atomic mass is 9.88. The van der Waals surface area contributed by atoms with Gasteiger partial charge in [-0.15, -0.1) is 0 Å². The molecule has 3 saturated heterocycles. The Morgan fingerprint density at radius 2 is 1.63 bits per heavy atom. The first-order chi connectivity index (χ1) is 27.6. The van der Waals surface area contributed by atoms with Gasteiger partial charge in [0.15, 0.2) is 5.65 Å². The molecule has 4 aromatic rings. The Morgan fingerprint density at radius 1 is 0.860 bits per heavy atom. The van der Waals surface area contributed by atoms with Crippen LogP contribution >= 0.6 is 0 Å². The minimum absolute atomic E-state index is 0.174. The number of rotatable bonds is 14. The van der Waals surface area contributed by atoms with Crippen LogP contribution in [0.25, 0.3) is 5.65 Å². The predicted octanol–water partition coefficient (Wildman–Crippen LogP) is 5.36. The van der Waals surface area contributed by atoms with Crippen molar-refractivity contribution >= 4 is 41.0 Å². The predicted molar refractivity (Wildman–Crippen MR) is 207 cm³/mol. The number of likely N-dealkylation sites (tertiary alicyclic amines) is 1. The van der Waals surface area contributed by atoms with Crippen molar-refractivity contribution in [1.82, 2.24) is 35.4 Å². The fourth-order valence-electron chi connectivity index (χ4n) is 8.14. The van der Waals surface area contributed by atoms with E-state index in [2.05, 4.69) is 21.0 Å². The summed E-state index contributed by atoms with van der Waals surface area (Å²) in [5.74, 6) is -1.33. The van der Waals surface area contributed by atoms with Gasteiger partial charge in [0.1, 0.15) is 29.1 Å². The summed E-state index contributed by atoms with van der Waals surface area (Å²) < 4.78 is 30.1. The third-order valence-corrected chi connectivity index (χ3v) is 11.4. The Kier molecular flexibility index (Phi) is 12.5. The molecule has 0 radical (unpaired) electrons. The van der Waals surface area contributed by atoms with Crippen LogP contribution in [0.1, 0.15) is 121 Å². The number of carbonyl (C=O) groups is 5. The molecule has 5 heterocycles. The molecule has 0 saturated carbocycles. The monoisotopic (exact) mass is 782 g/mol. The quantitative estimate of drug-likeness (QED) is 0.114. The molecule has 13 nitrogen and oxygen atoms in total. The van der Waals surface area contributed by atoms with E-state index in [1.807, 2.05) is 21.9 Å². The van der Waals surface area contributed by atoms with E-state index in [0.717, 1.165) is 69.1 Å². The van der Waals surface area contributed by atoms with Gasteiger partial charge in [0.25, 0.3) is 11.8 Å². The van der Waals surface area contributed by atoms with Crippen LogP contribution in [0.3, 0.4) is 0 Å². The number of nitrogens with zero attached hydrogens (tertiary/aromatic N) is 5. The highest BCUT2D eigenvalue weighted by Gasteiger charge is 2.31. The first kappa shape index (κ1) is 39.5. The third-order valence-electron chi connectivity index (χ3n) is 11.4. The lowest BCUT2D eigenvalue weighted by molar-refractivity contribution is -0.135. The molecule has 3 aliphatic heterocycles. The fraction of sp³-hybridized carbons (Fsp3) is 0.452. The van der Waals surface area contributed by atoms with Gasteiger partial charge in [-0.25, -0.2) is 18.3 Å². The molecule has 0 spiro atoms. The van der Waals surface area contributed by atoms with Gasteiger partial charge in [0.2, 0.25) is 17.7 Å². The summed E-state index contributed by atoms with van der Waals surface area (Å²) in [6, 6.07) is 11.6. The van der Waals surface area contributed by atoms with E-state index in [9.17, 15) is 32.8 Å². The summed E-state index contributed by atoms with van der Waals surface area (Å²) in [6.45, 7) is 2.51. The average Bonchev–Trinajstić information content (AvgIpc) is 3.88. The Morgan fingerprint density at radius 3 is 2.42 bits per heavy atom. The molecule has 15 heteroatoms. The molecule has 3 fully saturated rings. The second kappa shape index (κ2) is 18.0. The number of amides is 5. The Hall–Kier alpha value is -5.73. The lowest BCUT2D eigenvalue weighted by Gasteiger charge is -2.32. The smallest absolute Gasteiger partial charge is 0.256 e. The molecule has 2 aromatic carbocycles. The molecular weight excluding hydrogens is 735 g/mol. The van der Waals surface area contributed by atoms with Crippen LogP contribution in [-0.4, -0.2) is 81.3 Å². The molecular formula is C42H48F2N8O5. The van der Waals surface area contributed by atoms with Crippen LogP contribution in [0.2, 0.25) is 0 Å². The molecule has 3 N–H and O–H groups in total. The van der Waals surface area contributed by atoms with Gasteiger partial charge in [-0.2, -0.15) is 5.10 Å². The number of nitrogens with one attached hydrogen (secondary N) is 3. The number of aromatic nitrogens is 3. The largest absolute Gasteiger partial charge is 0.352 e. The van der Waals surface area contributed by atoms with Crippen LogP contribution in [-0.2, 0) is 14.4 Å². The van der Waals surface area contributed by atoms with E-state index < -0.39 is 23.6 Å². The number of carbonyl (C=O) groups excluding carboxylic acids is 5. The van der Waals surface area contributed by atoms with Crippen molar-refractivity contribution < 1.29 is 32.8 Å². The Bertz CT molecular complexity index is 2120. The van der Waals surface area contributed by atoms with Gasteiger partial charge in [-0.1, -0.05) is 31.4 Å². The highest BCUT2D eigenvalue weighted by Crippen LogP contribution is 2.37. The van der Waals surface area contributed by atoms with Gasteiger partial charge in [-0.05, 0) is 92.8 Å². The molecule has 3 aliphatic rings. The molecule has 0 aliphatic carbocycles. The zero-order valence-electron chi connectivity index (χ0n) is 31.9. The fourth-order valence-corrected chi connectivity index (χ4v) is 8.14. The third kappa shape index (κ3) is 9.46. The number of piperidine rings is 2. The van der Waals surface area contributed by atoms with Gasteiger partial charge in [-0.3, -0.25) is 29.3 Å². The molecule has 5 amide bonds. The van der Waals surface area contributed by atoms with E-state index in [-0.39, 0.29) is 42.5 Å². The van der Waals surface area contributed by atoms with E-state index in [1.54, 1.807) is 24.4 Å². The molecule has 300 valence electrons. The minimum atomic E-state index is -0.718. The van der Waals surface area contributed by atoms with E-state index >= 15 is 0 Å². The van der Waals surface area contributed by atoms with Crippen molar-refractivity contribution in [2.24, 2.45) is 0 Å². The Labute approximate surface area is 329 Å². The van der Waals surface area contributed by atoms with Crippen LogP contribution in [0.15, 0.2) is 60.9 Å². The zero-order chi connectivity index (χ0) is 39.9. The zero-order valence-corrected chi connectivity index (χ0v) is 31.9. The number of benzene rings is 2. The SMILES string of the molecule is O=C1CCC(NC(=O)c2ccc(C3CCN(C(=O)CCCCCCCNC(=O)c4cnn5ccc(N6CCC[C@@H]6c6cc(F)ccc6F)nc45)CC3)cc2)C(=O)N1. The van der Waals surface area contributed by atoms with Gasteiger partial charge in [0, 0.05) is 56.3 Å². The Balaban J connectivity index is 0.780. The molecule has 1 unspecified atom stereocenters. The molecule has 0 bridgehead atoms. The van der Waals surface area contributed by atoms with E-state index in [4.69, 9.17) is 4.98 Å². The van der Waals surface area contributed by atoms with Crippen molar-refractivity contribution in [3.05, 3.63) is 94.8 Å². The number of imide groups is 1. The topological polar surface area (TPSA) is 158 Å². The molecule has 2 aromatic heterocycles. The molecule has 7 rings (SSSR count). The highest BCUT2D eigenvalue weighted by atomic mass is 19.1. The van der Waals surface area contributed by atoms with Crippen molar-refractivity contribution in [2.45, 2.75) is 95.1 Å². The number of halogens is 2. The van der Waals surface area contributed by atoms with Gasteiger partial charge >= 0.3 is 0 Å². The van der Waals surface area contributed by atoms with Gasteiger partial charge < -0.3 is 20.4 Å². The second-order valence-electron chi connectivity index (χ2n) is 15.2. The van der Waals surface area contributed by atoms with Crippen molar-refractivity contribution in [1.29, 1.82) is 0 Å². The number of hydrogen-bond donors (Lipinski definition) is 3. The molecule has 57 heavy (non-hydrogen) atoms. The number of hydrogen-bond acceptors (Lipinski definition) is 8. The van der Waals surface area contributed by atoms with Crippen LogP contribution < -0.4 is 20.9 Å². The van der Waals surface area contributed by atoms with Crippen molar-refractivity contribution in [3.8, 4) is 0 Å². The summed E-state index contributed by atoms with van der Waals surface area (Å²) in [5, 5.41) is 12.2. The van der Waals surface area contributed by atoms with Crippen molar-refractivity contribution in [2.75, 3.05) is 31.1 Å². The van der Waals surface area contributed by atoms with E-state index in [1.165, 1.54) is 16.8 Å². The van der Waals surface area contributed by atoms with Crippen molar-refractivity contribution in [3.63, 3.8) is 0 Å². The summed E-state index contributed by atoms with van der Waals surface area (Å²) in [7, 11) is 0. The van der Waals surface area contributed by atoms with Crippen LogP contribution in [0.5, 0.6) is 0 Å². The second-order valence-corrected chi connectivity index (χ2v) is 15.2. The summed E-state index contributed by atoms with van der Waals surface area (Å²) in [5.41, 5.74) is 2.61. The van der Waals surface area contributed by atoms with Gasteiger partial charge in [0.05, 0.1) is 12.2 Å². The first-order valence-corrected chi connectivity index (χ1v) is 20.0. The molecule has 2 atom stereocenters. The maximum absolute atomic E-state index is 14.6. The van der Waals surface area contributed by atoms with Crippen LogP contribution in [0, 0.1) is 11.6 Å². The highest BCUT2D eigenvalue weighted by molar-refractivity contribution is 6.03. The summed E-state index contributed by atoms with van der Waals surface area (Å²) in [6.07, 6.45) is 11.8. The maximum Gasteiger partial charge on any atom is 0.256 e. The summed E-state index contributed by atoms with van der Waals surface area (Å²) in [4.78, 5) is 70.7. The number of fused-ring (bicyclic) bond motifs is 1. The minimum Gasteiger partial charge on any atom is -0.352 e. The lowest BCUT2D eigenvalue weighted by Crippen LogP contribution is -2.52. The summed E-state index contributed by atoms with van der Waals surface area (Å²) >= 11 is 0. The number of anilines is 1. The maximum atomic E-state index is 14.6. The van der Waals surface area contributed by atoms with Crippen LogP contribution in [0.4, 0.5) is 14.6 Å².